The number of primary amides is 1. The van der Waals surface area contributed by atoms with Crippen molar-refractivity contribution >= 4 is 39.1 Å². The van der Waals surface area contributed by atoms with Gasteiger partial charge in [0, 0.05) is 22.4 Å². The molecule has 0 aliphatic carbocycles. The fourth-order valence-electron chi connectivity index (χ4n) is 4.13. The van der Waals surface area contributed by atoms with Gasteiger partial charge in [-0.2, -0.15) is 0 Å². The summed E-state index contributed by atoms with van der Waals surface area (Å²) in [6, 6.07) is 18.0. The number of nitrogen functional groups attached to an aromatic ring is 1. The summed E-state index contributed by atoms with van der Waals surface area (Å²) in [7, 11) is -3.95. The molecule has 0 spiro atoms. The molecule has 38 heavy (non-hydrogen) atoms. The van der Waals surface area contributed by atoms with Crippen molar-refractivity contribution in [3.8, 4) is 11.1 Å². The van der Waals surface area contributed by atoms with Gasteiger partial charge in [0.25, 0.3) is 5.91 Å². The minimum absolute atomic E-state index is 0.0199. The van der Waals surface area contributed by atoms with Gasteiger partial charge in [0.05, 0.1) is 17.0 Å². The number of nitrogens with two attached hydrogens (primary N) is 3. The lowest BCUT2D eigenvalue weighted by atomic mass is 9.95. The average Bonchev–Trinajstić information content (AvgIpc) is 3.29. The summed E-state index contributed by atoms with van der Waals surface area (Å²) in [6.45, 7) is 1.74. The minimum atomic E-state index is -3.95. The molecule has 1 aliphatic heterocycles. The predicted octanol–water partition coefficient (Wildman–Crippen LogP) is 1.72. The van der Waals surface area contributed by atoms with E-state index < -0.39 is 33.9 Å². The highest BCUT2D eigenvalue weighted by atomic mass is 32.2. The number of carbonyl (C=O) groups excluding carboxylic acids is 2. The van der Waals surface area contributed by atoms with Gasteiger partial charge < -0.3 is 16.8 Å². The van der Waals surface area contributed by atoms with E-state index in [2.05, 4.69) is 10.8 Å². The molecular weight excluding hydrogens is 508 g/mol. The van der Waals surface area contributed by atoms with E-state index in [9.17, 15) is 18.0 Å². The summed E-state index contributed by atoms with van der Waals surface area (Å²) in [5.41, 5.74) is 15.5. The molecule has 1 unspecified atom stereocenters. The summed E-state index contributed by atoms with van der Waals surface area (Å²) >= 11 is 0. The molecule has 0 saturated carbocycles. The van der Waals surface area contributed by atoms with E-state index in [0.717, 1.165) is 0 Å². The Morgan fingerprint density at radius 2 is 1.76 bits per heavy atom. The monoisotopic (exact) mass is 534 g/mol. The lowest BCUT2D eigenvalue weighted by Gasteiger charge is -2.23. The number of nitrogens with one attached hydrogen (secondary N) is 3. The van der Waals surface area contributed by atoms with Crippen LogP contribution in [0, 0.1) is 12.3 Å². The van der Waals surface area contributed by atoms with Crippen molar-refractivity contribution in [3.63, 3.8) is 0 Å². The van der Waals surface area contributed by atoms with Crippen LogP contribution in [0.4, 0.5) is 5.69 Å². The van der Waals surface area contributed by atoms with Gasteiger partial charge in [-0.15, -0.1) is 0 Å². The predicted molar refractivity (Wildman–Crippen MR) is 143 cm³/mol. The number of benzene rings is 3. The van der Waals surface area contributed by atoms with E-state index in [0.29, 0.717) is 39.2 Å². The van der Waals surface area contributed by atoms with Gasteiger partial charge >= 0.3 is 0 Å². The van der Waals surface area contributed by atoms with Gasteiger partial charge in [-0.1, -0.05) is 42.5 Å². The number of primary sulfonamides is 1. The Kier molecular flexibility index (Phi) is 7.05. The molecule has 3 aromatic carbocycles. The highest BCUT2D eigenvalue weighted by Crippen LogP contribution is 2.33. The second-order valence-corrected chi connectivity index (χ2v) is 10.3. The normalized spacial score (nSPS) is 16.8. The number of hydroxylamine groups is 1. The van der Waals surface area contributed by atoms with Crippen molar-refractivity contribution in [2.24, 2.45) is 16.6 Å². The van der Waals surface area contributed by atoms with Gasteiger partial charge in [0.15, 0.2) is 0 Å². The number of sulfonamides is 1. The summed E-state index contributed by atoms with van der Waals surface area (Å²) in [4.78, 5) is 30.9. The first-order chi connectivity index (χ1) is 17.9. The van der Waals surface area contributed by atoms with Gasteiger partial charge in [-0.3, -0.25) is 25.3 Å². The highest BCUT2D eigenvalue weighted by molar-refractivity contribution is 7.89. The van der Waals surface area contributed by atoms with Crippen LogP contribution < -0.4 is 27.4 Å². The molecule has 0 fully saturated rings. The number of hydrogen-bond acceptors (Lipinski definition) is 7. The number of hydrogen-bond donors (Lipinski definition) is 6. The van der Waals surface area contributed by atoms with Crippen LogP contribution in [0.3, 0.4) is 0 Å². The third-order valence-electron chi connectivity index (χ3n) is 6.01. The quantitative estimate of drug-likeness (QED) is 0.186. The van der Waals surface area contributed by atoms with Crippen molar-refractivity contribution in [3.05, 3.63) is 89.5 Å². The molecule has 0 radical (unpaired) electrons. The van der Waals surface area contributed by atoms with Crippen LogP contribution in [0.1, 0.15) is 23.1 Å². The SMILES string of the molecule is Cc1cc(-c2ccccc2S(N)(=O)=O)ccc1NC(=O)C1(CC(N)=O)C=C(c2cccc(C(=N)N)c2)NO1. The molecule has 0 bridgehead atoms. The third-order valence-corrected chi connectivity index (χ3v) is 6.97. The topological polar surface area (TPSA) is 203 Å². The van der Waals surface area contributed by atoms with Crippen molar-refractivity contribution in [1.29, 1.82) is 5.41 Å². The third kappa shape index (κ3) is 5.42. The first-order valence-electron chi connectivity index (χ1n) is 11.3. The number of amides is 2. The van der Waals surface area contributed by atoms with Gasteiger partial charge in [0.2, 0.25) is 21.5 Å². The van der Waals surface area contributed by atoms with Crippen LogP contribution in [0.2, 0.25) is 0 Å². The maximum absolute atomic E-state index is 13.4. The second kappa shape index (κ2) is 10.1. The van der Waals surface area contributed by atoms with Crippen molar-refractivity contribution in [2.75, 3.05) is 5.32 Å². The Hall–Kier alpha value is -4.52. The zero-order valence-electron chi connectivity index (χ0n) is 20.3. The number of aryl methyl sites for hydroxylation is 1. The summed E-state index contributed by atoms with van der Waals surface area (Å²) < 4.78 is 24.0. The maximum atomic E-state index is 13.4. The van der Waals surface area contributed by atoms with Crippen molar-refractivity contribution in [2.45, 2.75) is 23.8 Å². The fourth-order valence-corrected chi connectivity index (χ4v) is 4.89. The molecule has 1 aliphatic rings. The average molecular weight is 535 g/mol. The molecule has 3 aromatic rings. The molecule has 9 N–H and O–H groups in total. The Morgan fingerprint density at radius 1 is 1.03 bits per heavy atom. The summed E-state index contributed by atoms with van der Waals surface area (Å²) in [5, 5.41) is 15.8. The Balaban J connectivity index is 1.65. The molecule has 1 atom stereocenters. The molecule has 1 heterocycles. The first kappa shape index (κ1) is 26.5. The van der Waals surface area contributed by atoms with Crippen LogP contribution in [-0.4, -0.2) is 31.7 Å². The molecule has 196 valence electrons. The van der Waals surface area contributed by atoms with Crippen LogP contribution >= 0.6 is 0 Å². The van der Waals surface area contributed by atoms with Gasteiger partial charge in [-0.05, 0) is 48.4 Å². The van der Waals surface area contributed by atoms with Crippen LogP contribution in [0.25, 0.3) is 16.8 Å². The molecule has 12 heteroatoms. The van der Waals surface area contributed by atoms with Crippen LogP contribution in [0.5, 0.6) is 0 Å². The second-order valence-electron chi connectivity index (χ2n) is 8.81. The van der Waals surface area contributed by atoms with Crippen molar-refractivity contribution < 1.29 is 22.8 Å². The van der Waals surface area contributed by atoms with E-state index in [-0.39, 0.29) is 10.7 Å². The maximum Gasteiger partial charge on any atom is 0.264 e. The molecule has 2 amide bonds. The van der Waals surface area contributed by atoms with Gasteiger partial charge in [-0.25, -0.2) is 13.6 Å². The Bertz CT molecular complexity index is 1600. The summed E-state index contributed by atoms with van der Waals surface area (Å²) in [6.07, 6.45) is 1.01. The first-order valence-corrected chi connectivity index (χ1v) is 12.9. The molecule has 0 saturated heterocycles. The van der Waals surface area contributed by atoms with E-state index in [1.54, 1.807) is 67.6 Å². The standard InChI is InChI=1S/C26H26N6O5S/c1-15-11-16(19-7-2-3-8-22(19)38(30,35)36)9-10-20(15)31-25(34)26(14-23(27)33)13-21(32-37-26)17-5-4-6-18(12-17)24(28)29/h2-13,32H,14H2,1H3,(H2,27,33)(H3,28,29)(H,31,34)(H2,30,35,36). The van der Waals surface area contributed by atoms with E-state index in [4.69, 9.17) is 26.9 Å². The zero-order chi connectivity index (χ0) is 27.7. The molecule has 11 nitrogen and oxygen atoms in total. The van der Waals surface area contributed by atoms with Crippen LogP contribution in [0.15, 0.2) is 77.7 Å². The lowest BCUT2D eigenvalue weighted by molar-refractivity contribution is -0.143. The van der Waals surface area contributed by atoms with Gasteiger partial charge in [0.1, 0.15) is 5.84 Å². The van der Waals surface area contributed by atoms with Crippen molar-refractivity contribution in [1.82, 2.24) is 5.48 Å². The Morgan fingerprint density at radius 3 is 2.42 bits per heavy atom. The molecule has 4 rings (SSSR count). The minimum Gasteiger partial charge on any atom is -0.384 e. The van der Waals surface area contributed by atoms with E-state index >= 15 is 0 Å². The lowest BCUT2D eigenvalue weighted by Crippen LogP contribution is -2.46. The fraction of sp³-hybridized carbons (Fsp3) is 0.115. The number of amidine groups is 1. The highest BCUT2D eigenvalue weighted by Gasteiger charge is 2.45. The number of carbonyl (C=O) groups is 2. The number of rotatable bonds is 8. The van der Waals surface area contributed by atoms with E-state index in [1.165, 1.54) is 12.1 Å². The summed E-state index contributed by atoms with van der Waals surface area (Å²) in [5.74, 6) is -1.54. The molecule has 0 aromatic heterocycles. The zero-order valence-corrected chi connectivity index (χ0v) is 21.1. The smallest absolute Gasteiger partial charge is 0.264 e. The largest absolute Gasteiger partial charge is 0.384 e. The Labute approximate surface area is 219 Å². The molecular formula is C26H26N6O5S. The number of anilines is 1. The van der Waals surface area contributed by atoms with E-state index in [1.807, 2.05) is 0 Å². The van der Waals surface area contributed by atoms with Crippen LogP contribution in [-0.2, 0) is 24.4 Å².